The van der Waals surface area contributed by atoms with Crippen molar-refractivity contribution in [3.63, 3.8) is 0 Å². The van der Waals surface area contributed by atoms with E-state index in [4.69, 9.17) is 4.84 Å². The molecule has 2 aromatic carbocycles. The molecule has 7 heteroatoms. The lowest BCUT2D eigenvalue weighted by Gasteiger charge is -2.27. The number of carbonyl (C=O) groups excluding carboxylic acids is 3. The number of fused-ring (bicyclic) bond motifs is 1. The summed E-state index contributed by atoms with van der Waals surface area (Å²) in [5.74, 6) is -1.43. The maximum Gasteiger partial charge on any atom is 0.261 e. The number of carbonyl (C=O) groups is 3. The van der Waals surface area contributed by atoms with Crippen LogP contribution in [0.2, 0.25) is 0 Å². The molecule has 3 unspecified atom stereocenters. The van der Waals surface area contributed by atoms with E-state index < -0.39 is 18.1 Å². The Kier molecular flexibility index (Phi) is 5.08. The van der Waals surface area contributed by atoms with Crippen LogP contribution >= 0.6 is 0 Å². The zero-order valence-electron chi connectivity index (χ0n) is 17.4. The summed E-state index contributed by atoms with van der Waals surface area (Å²) in [6, 6.07) is 17.0. The molecule has 2 aromatic rings. The van der Waals surface area contributed by atoms with Crippen molar-refractivity contribution >= 4 is 17.7 Å². The van der Waals surface area contributed by atoms with Crippen LogP contribution in [0.15, 0.2) is 54.6 Å². The molecular weight excluding hydrogens is 394 g/mol. The fraction of sp³-hybridized carbons (Fsp3) is 0.375. The molecule has 2 saturated heterocycles. The van der Waals surface area contributed by atoms with Crippen LogP contribution in [0.4, 0.5) is 0 Å². The van der Waals surface area contributed by atoms with E-state index in [1.165, 1.54) is 9.96 Å². The lowest BCUT2D eigenvalue weighted by atomic mass is 9.90. The topological polar surface area (TPSA) is 79.0 Å². The first kappa shape index (κ1) is 19.9. The number of benzene rings is 2. The molecular formula is C24H25N3O4. The van der Waals surface area contributed by atoms with Gasteiger partial charge in [0.25, 0.3) is 5.91 Å². The fourth-order valence-corrected chi connectivity index (χ4v) is 4.36. The summed E-state index contributed by atoms with van der Waals surface area (Å²) in [5, 5.41) is 4.47. The molecule has 0 radical (unpaired) electrons. The first-order valence-corrected chi connectivity index (χ1v) is 10.7. The van der Waals surface area contributed by atoms with E-state index in [1.807, 2.05) is 61.5 Å². The molecule has 5 rings (SSSR count). The molecule has 3 amide bonds. The third kappa shape index (κ3) is 3.86. The summed E-state index contributed by atoms with van der Waals surface area (Å²) in [4.78, 5) is 46.2. The summed E-state index contributed by atoms with van der Waals surface area (Å²) in [6.45, 7) is 2.20. The predicted molar refractivity (Wildman–Crippen MR) is 112 cm³/mol. The summed E-state index contributed by atoms with van der Waals surface area (Å²) in [5.41, 5.74) is 2.84. The summed E-state index contributed by atoms with van der Waals surface area (Å²) < 4.78 is 0. The van der Waals surface area contributed by atoms with Crippen molar-refractivity contribution in [2.45, 2.75) is 44.5 Å². The van der Waals surface area contributed by atoms with Gasteiger partial charge in [0.2, 0.25) is 11.8 Å². The Morgan fingerprint density at radius 2 is 1.74 bits per heavy atom. The maximum absolute atomic E-state index is 13.4. The van der Waals surface area contributed by atoms with E-state index in [0.29, 0.717) is 0 Å². The van der Waals surface area contributed by atoms with E-state index in [-0.39, 0.29) is 36.9 Å². The Bertz CT molecular complexity index is 1000. The summed E-state index contributed by atoms with van der Waals surface area (Å²) >= 11 is 0. The van der Waals surface area contributed by atoms with Crippen molar-refractivity contribution in [3.8, 4) is 0 Å². The average molecular weight is 419 g/mol. The van der Waals surface area contributed by atoms with Crippen LogP contribution in [0, 0.1) is 12.8 Å². The number of hydrogen-bond donors (Lipinski definition) is 1. The second-order valence-corrected chi connectivity index (χ2v) is 8.57. The molecule has 3 aliphatic rings. The molecule has 1 N–H and O–H groups in total. The molecule has 0 aromatic heterocycles. The van der Waals surface area contributed by atoms with E-state index >= 15 is 0 Å². The van der Waals surface area contributed by atoms with E-state index in [1.54, 1.807) is 0 Å². The van der Waals surface area contributed by atoms with Gasteiger partial charge in [0.1, 0.15) is 6.54 Å². The molecule has 3 atom stereocenters. The molecule has 31 heavy (non-hydrogen) atoms. The van der Waals surface area contributed by atoms with Crippen LogP contribution in [-0.4, -0.2) is 46.4 Å². The van der Waals surface area contributed by atoms with E-state index in [9.17, 15) is 14.4 Å². The van der Waals surface area contributed by atoms with Gasteiger partial charge in [-0.05, 0) is 30.9 Å². The largest absolute Gasteiger partial charge is 0.352 e. The zero-order chi connectivity index (χ0) is 21.5. The Morgan fingerprint density at radius 1 is 1.03 bits per heavy atom. The lowest BCUT2D eigenvalue weighted by Crippen LogP contribution is -2.41. The van der Waals surface area contributed by atoms with Crippen LogP contribution in [0.5, 0.6) is 0 Å². The molecule has 7 nitrogen and oxygen atoms in total. The minimum absolute atomic E-state index is 0.0126. The highest BCUT2D eigenvalue weighted by atomic mass is 16.7. The third-order valence-corrected chi connectivity index (χ3v) is 6.13. The average Bonchev–Trinajstić information content (AvgIpc) is 3.46. The molecule has 2 aliphatic heterocycles. The molecule has 1 aliphatic carbocycles. The Balaban J connectivity index is 1.42. The smallest absolute Gasteiger partial charge is 0.261 e. The number of nitrogens with zero attached hydrogens (tertiary/aromatic N) is 2. The molecule has 0 spiro atoms. The molecule has 0 bridgehead atoms. The quantitative estimate of drug-likeness (QED) is 0.726. The number of amides is 3. The predicted octanol–water partition coefficient (Wildman–Crippen LogP) is 2.12. The van der Waals surface area contributed by atoms with E-state index in [0.717, 1.165) is 29.5 Å². The SMILES string of the molecule is Cc1ccc(C2C3C(=O)N(Cc4ccccc4)C(=O)C3ON2CC(=O)NC2CC2)cc1. The van der Waals surface area contributed by atoms with Crippen molar-refractivity contribution in [2.75, 3.05) is 6.54 Å². The van der Waals surface area contributed by atoms with Gasteiger partial charge in [-0.1, -0.05) is 60.2 Å². The zero-order valence-corrected chi connectivity index (χ0v) is 17.4. The van der Waals surface area contributed by atoms with E-state index in [2.05, 4.69) is 5.32 Å². The van der Waals surface area contributed by atoms with Gasteiger partial charge in [0, 0.05) is 6.04 Å². The lowest BCUT2D eigenvalue weighted by molar-refractivity contribution is -0.182. The van der Waals surface area contributed by atoms with Gasteiger partial charge in [0.15, 0.2) is 6.10 Å². The van der Waals surface area contributed by atoms with Crippen LogP contribution in [0.1, 0.15) is 35.6 Å². The second kappa shape index (κ2) is 7.90. The van der Waals surface area contributed by atoms with Gasteiger partial charge in [-0.15, -0.1) is 0 Å². The van der Waals surface area contributed by atoms with Gasteiger partial charge in [-0.2, -0.15) is 5.06 Å². The van der Waals surface area contributed by atoms with Crippen molar-refractivity contribution in [1.29, 1.82) is 0 Å². The summed E-state index contributed by atoms with van der Waals surface area (Å²) in [6.07, 6.45) is 1.08. The number of nitrogens with one attached hydrogen (secondary N) is 1. The maximum atomic E-state index is 13.4. The molecule has 160 valence electrons. The number of rotatable bonds is 6. The van der Waals surface area contributed by atoms with Gasteiger partial charge in [0.05, 0.1) is 18.5 Å². The van der Waals surface area contributed by atoms with Crippen molar-refractivity contribution < 1.29 is 19.2 Å². The molecule has 2 heterocycles. The molecule has 3 fully saturated rings. The van der Waals surface area contributed by atoms with Crippen LogP contribution < -0.4 is 5.32 Å². The first-order valence-electron chi connectivity index (χ1n) is 10.7. The summed E-state index contributed by atoms with van der Waals surface area (Å²) in [7, 11) is 0. The number of imide groups is 1. The van der Waals surface area contributed by atoms with Crippen molar-refractivity contribution in [3.05, 3.63) is 71.3 Å². The van der Waals surface area contributed by atoms with Gasteiger partial charge in [-0.3, -0.25) is 24.1 Å². The second-order valence-electron chi connectivity index (χ2n) is 8.57. The van der Waals surface area contributed by atoms with Crippen LogP contribution in [-0.2, 0) is 25.8 Å². The normalized spacial score (nSPS) is 25.7. The molecule has 1 saturated carbocycles. The highest BCUT2D eigenvalue weighted by Crippen LogP contribution is 2.44. The third-order valence-electron chi connectivity index (χ3n) is 6.13. The highest BCUT2D eigenvalue weighted by Gasteiger charge is 2.59. The fourth-order valence-electron chi connectivity index (χ4n) is 4.36. The highest BCUT2D eigenvalue weighted by molar-refractivity contribution is 6.07. The van der Waals surface area contributed by atoms with Gasteiger partial charge >= 0.3 is 0 Å². The number of hydroxylamine groups is 2. The number of aryl methyl sites for hydroxylation is 1. The van der Waals surface area contributed by atoms with Crippen LogP contribution in [0.3, 0.4) is 0 Å². The van der Waals surface area contributed by atoms with Crippen LogP contribution in [0.25, 0.3) is 0 Å². The standard InChI is InChI=1S/C24H25N3O4/c1-15-7-9-17(10-8-15)21-20-22(31-27(21)14-19(28)25-18-11-12-18)24(30)26(23(20)29)13-16-5-3-2-4-6-16/h2-10,18,20-22H,11-14H2,1H3,(H,25,28). The first-order chi connectivity index (χ1) is 15.0. The van der Waals surface area contributed by atoms with Gasteiger partial charge in [-0.25, -0.2) is 0 Å². The minimum atomic E-state index is -0.906. The number of hydrogen-bond acceptors (Lipinski definition) is 5. The van der Waals surface area contributed by atoms with Gasteiger partial charge < -0.3 is 5.32 Å². The Morgan fingerprint density at radius 3 is 2.42 bits per heavy atom. The monoisotopic (exact) mass is 419 g/mol. The number of likely N-dealkylation sites (tertiary alicyclic amines) is 1. The van der Waals surface area contributed by atoms with Crippen molar-refractivity contribution in [1.82, 2.24) is 15.3 Å². The van der Waals surface area contributed by atoms with Crippen molar-refractivity contribution in [2.24, 2.45) is 5.92 Å². The minimum Gasteiger partial charge on any atom is -0.352 e. The Hall–Kier alpha value is -3.03. The Labute approximate surface area is 180 Å².